The van der Waals surface area contributed by atoms with Gasteiger partial charge in [0.05, 0.1) is 0 Å². The highest BCUT2D eigenvalue weighted by atomic mass is 79.9. The van der Waals surface area contributed by atoms with Gasteiger partial charge in [-0.3, -0.25) is 0 Å². The van der Waals surface area contributed by atoms with Crippen LogP contribution in [0.3, 0.4) is 0 Å². The van der Waals surface area contributed by atoms with Gasteiger partial charge in [-0.2, -0.15) is 5.26 Å². The fourth-order valence-electron chi connectivity index (χ4n) is 1.76. The Hall–Kier alpha value is -1.86. The Morgan fingerprint density at radius 3 is 2.89 bits per heavy atom. The molecule has 0 aliphatic heterocycles. The lowest BCUT2D eigenvalue weighted by Gasteiger charge is -2.11. The molecule has 4 heteroatoms. The number of nitrogens with zero attached hydrogens (tertiary/aromatic N) is 2. The lowest BCUT2D eigenvalue weighted by Crippen LogP contribution is -2.01. The number of hydrogen-bond acceptors (Lipinski definition) is 3. The Balaban J connectivity index is 2.17. The van der Waals surface area contributed by atoms with Crippen LogP contribution in [0.5, 0.6) is 5.75 Å². The Morgan fingerprint density at radius 2 is 2.16 bits per heavy atom. The second kappa shape index (κ2) is 6.35. The first-order valence-electron chi connectivity index (χ1n) is 5.87. The number of halogens is 1. The second-order valence-electron chi connectivity index (χ2n) is 4.16. The minimum absolute atomic E-state index is 0.347. The topological polar surface area (TPSA) is 45.9 Å². The maximum Gasteiger partial charge on any atom is 0.147 e. The number of aromatic nitrogens is 1. The second-order valence-corrected chi connectivity index (χ2v) is 4.72. The number of pyridine rings is 1. The van der Waals surface area contributed by atoms with Gasteiger partial charge in [-0.05, 0) is 19.1 Å². The number of ether oxygens (including phenoxy) is 1. The van der Waals surface area contributed by atoms with Crippen LogP contribution in [0.15, 0.2) is 36.5 Å². The van der Waals surface area contributed by atoms with Crippen LogP contribution < -0.4 is 4.74 Å². The van der Waals surface area contributed by atoms with Gasteiger partial charge >= 0.3 is 0 Å². The van der Waals surface area contributed by atoms with E-state index in [2.05, 4.69) is 33.0 Å². The van der Waals surface area contributed by atoms with Crippen LogP contribution in [0.2, 0.25) is 0 Å². The lowest BCUT2D eigenvalue weighted by molar-refractivity contribution is 0.303. The molecule has 0 atom stereocenters. The smallest absolute Gasteiger partial charge is 0.147 e. The van der Waals surface area contributed by atoms with Crippen LogP contribution in [-0.2, 0) is 11.9 Å². The van der Waals surface area contributed by atoms with Crippen molar-refractivity contribution in [2.24, 2.45) is 0 Å². The molecular formula is C15H13BrN2O. The molecule has 0 spiro atoms. The molecule has 0 bridgehead atoms. The fourth-order valence-corrected chi connectivity index (χ4v) is 2.20. The van der Waals surface area contributed by atoms with Crippen LogP contribution in [0.25, 0.3) is 0 Å². The summed E-state index contributed by atoms with van der Waals surface area (Å²) in [5, 5.41) is 9.72. The first kappa shape index (κ1) is 13.6. The highest BCUT2D eigenvalue weighted by molar-refractivity contribution is 9.08. The molecule has 96 valence electrons. The quantitative estimate of drug-likeness (QED) is 0.807. The van der Waals surface area contributed by atoms with Crippen LogP contribution >= 0.6 is 15.9 Å². The molecule has 0 saturated heterocycles. The zero-order valence-corrected chi connectivity index (χ0v) is 12.1. The SMILES string of the molecule is Cc1ccc(OCc2cccnc2C#N)c(CBr)c1. The molecule has 1 aromatic carbocycles. The number of rotatable bonds is 4. The van der Waals surface area contributed by atoms with Crippen molar-refractivity contribution in [3.63, 3.8) is 0 Å². The third kappa shape index (κ3) is 3.33. The summed E-state index contributed by atoms with van der Waals surface area (Å²) in [6.45, 7) is 2.39. The Bertz CT molecular complexity index is 620. The van der Waals surface area contributed by atoms with Gasteiger partial charge in [-0.15, -0.1) is 0 Å². The zero-order chi connectivity index (χ0) is 13.7. The average Bonchev–Trinajstić information content (AvgIpc) is 2.46. The summed E-state index contributed by atoms with van der Waals surface area (Å²) in [5.41, 5.74) is 3.50. The summed E-state index contributed by atoms with van der Waals surface area (Å²) < 4.78 is 5.79. The van der Waals surface area contributed by atoms with Gasteiger partial charge in [0.1, 0.15) is 24.1 Å². The molecule has 1 aromatic heterocycles. The molecule has 2 aromatic rings. The molecule has 0 radical (unpaired) electrons. The summed E-state index contributed by atoms with van der Waals surface area (Å²) in [5.74, 6) is 0.829. The minimum atomic E-state index is 0.347. The Kier molecular flexibility index (Phi) is 4.53. The van der Waals surface area contributed by atoms with Gasteiger partial charge in [0.2, 0.25) is 0 Å². The van der Waals surface area contributed by atoms with Crippen LogP contribution in [-0.4, -0.2) is 4.98 Å². The first-order valence-corrected chi connectivity index (χ1v) is 6.99. The number of benzene rings is 1. The molecule has 19 heavy (non-hydrogen) atoms. The minimum Gasteiger partial charge on any atom is -0.488 e. The molecule has 0 fully saturated rings. The highest BCUT2D eigenvalue weighted by Crippen LogP contribution is 2.23. The molecule has 0 aliphatic rings. The fraction of sp³-hybridized carbons (Fsp3) is 0.200. The van der Waals surface area contributed by atoms with Crippen molar-refractivity contribution in [2.45, 2.75) is 18.9 Å². The summed E-state index contributed by atoms with van der Waals surface area (Å²) in [7, 11) is 0. The molecule has 0 amide bonds. The number of nitriles is 1. The Morgan fingerprint density at radius 1 is 1.32 bits per heavy atom. The van der Waals surface area contributed by atoms with Crippen LogP contribution in [0, 0.1) is 18.3 Å². The van der Waals surface area contributed by atoms with Crippen LogP contribution in [0.4, 0.5) is 0 Å². The van der Waals surface area contributed by atoms with Crippen molar-refractivity contribution in [2.75, 3.05) is 0 Å². The van der Waals surface area contributed by atoms with E-state index >= 15 is 0 Å². The standard InChI is InChI=1S/C15H13BrN2O/c1-11-4-5-15(13(7-11)8-16)19-10-12-3-2-6-18-14(12)9-17/h2-7H,8,10H2,1H3. The molecule has 0 unspecified atom stereocenters. The average molecular weight is 317 g/mol. The summed E-state index contributed by atoms with van der Waals surface area (Å²) in [6, 6.07) is 11.8. The van der Waals surface area contributed by atoms with E-state index in [4.69, 9.17) is 10.00 Å². The van der Waals surface area contributed by atoms with E-state index < -0.39 is 0 Å². The van der Waals surface area contributed by atoms with Crippen molar-refractivity contribution in [3.8, 4) is 11.8 Å². The van der Waals surface area contributed by atoms with E-state index in [-0.39, 0.29) is 0 Å². The van der Waals surface area contributed by atoms with Gasteiger partial charge in [-0.1, -0.05) is 39.7 Å². The number of alkyl halides is 1. The zero-order valence-electron chi connectivity index (χ0n) is 10.6. The normalized spacial score (nSPS) is 9.95. The van der Waals surface area contributed by atoms with Crippen molar-refractivity contribution >= 4 is 15.9 Å². The predicted molar refractivity (Wildman–Crippen MR) is 77.1 cm³/mol. The number of hydrogen-bond donors (Lipinski definition) is 0. The van der Waals surface area contributed by atoms with Crippen molar-refractivity contribution in [1.82, 2.24) is 4.98 Å². The molecule has 0 N–H and O–H groups in total. The molecule has 3 nitrogen and oxygen atoms in total. The van der Waals surface area contributed by atoms with Gasteiger partial charge in [-0.25, -0.2) is 4.98 Å². The van der Waals surface area contributed by atoms with Crippen molar-refractivity contribution in [1.29, 1.82) is 5.26 Å². The van der Waals surface area contributed by atoms with E-state index in [1.807, 2.05) is 25.1 Å². The third-order valence-electron chi connectivity index (χ3n) is 2.74. The van der Waals surface area contributed by atoms with E-state index in [0.717, 1.165) is 22.2 Å². The third-order valence-corrected chi connectivity index (χ3v) is 3.34. The molecular weight excluding hydrogens is 304 g/mol. The van der Waals surface area contributed by atoms with Gasteiger partial charge in [0.15, 0.2) is 0 Å². The monoisotopic (exact) mass is 316 g/mol. The molecule has 2 rings (SSSR count). The van der Waals surface area contributed by atoms with Gasteiger partial charge in [0, 0.05) is 22.7 Å². The van der Waals surface area contributed by atoms with Crippen molar-refractivity contribution < 1.29 is 4.74 Å². The van der Waals surface area contributed by atoms with E-state index in [0.29, 0.717) is 12.3 Å². The largest absolute Gasteiger partial charge is 0.488 e. The molecule has 0 saturated carbocycles. The lowest BCUT2D eigenvalue weighted by atomic mass is 10.1. The highest BCUT2D eigenvalue weighted by Gasteiger charge is 2.06. The van der Waals surface area contributed by atoms with Gasteiger partial charge in [0.25, 0.3) is 0 Å². The first-order chi connectivity index (χ1) is 9.24. The van der Waals surface area contributed by atoms with E-state index in [1.165, 1.54) is 5.56 Å². The van der Waals surface area contributed by atoms with Crippen LogP contribution in [0.1, 0.15) is 22.4 Å². The predicted octanol–water partition coefficient (Wildman–Crippen LogP) is 3.74. The summed E-state index contributed by atoms with van der Waals surface area (Å²) in [6.07, 6.45) is 1.61. The van der Waals surface area contributed by atoms with Crippen molar-refractivity contribution in [3.05, 3.63) is 58.9 Å². The summed E-state index contributed by atoms with van der Waals surface area (Å²) in [4.78, 5) is 4.02. The molecule has 0 aliphatic carbocycles. The Labute approximate surface area is 121 Å². The van der Waals surface area contributed by atoms with E-state index in [1.54, 1.807) is 12.3 Å². The van der Waals surface area contributed by atoms with Gasteiger partial charge < -0.3 is 4.74 Å². The molecule has 1 heterocycles. The van der Waals surface area contributed by atoms with E-state index in [9.17, 15) is 0 Å². The number of aryl methyl sites for hydroxylation is 1. The summed E-state index contributed by atoms with van der Waals surface area (Å²) >= 11 is 3.45. The maximum absolute atomic E-state index is 8.98. The maximum atomic E-state index is 8.98.